The number of aliphatic carboxylic acids is 1. The second kappa shape index (κ2) is 3.72. The van der Waals surface area contributed by atoms with Crippen molar-refractivity contribution in [3.05, 3.63) is 28.5 Å². The number of carboxylic acids is 1. The molecule has 2 aromatic rings. The van der Waals surface area contributed by atoms with Crippen LogP contribution in [0.2, 0.25) is 10.3 Å². The standard InChI is InChI=1S/C9H6Cl2N2O2/c10-5-1-2-6-7(3-5)13(4-8(14)15)9(11)12-6/h1-3H,4H2,(H,14,15). The summed E-state index contributed by atoms with van der Waals surface area (Å²) in [7, 11) is 0. The van der Waals surface area contributed by atoms with Crippen molar-refractivity contribution in [1.29, 1.82) is 0 Å². The van der Waals surface area contributed by atoms with Crippen LogP contribution in [-0.2, 0) is 11.3 Å². The Hall–Kier alpha value is -1.26. The van der Waals surface area contributed by atoms with Crippen LogP contribution >= 0.6 is 23.2 Å². The number of hydrogen-bond donors (Lipinski definition) is 1. The third kappa shape index (κ3) is 1.91. The highest BCUT2D eigenvalue weighted by atomic mass is 35.5. The topological polar surface area (TPSA) is 55.1 Å². The average molecular weight is 245 g/mol. The summed E-state index contributed by atoms with van der Waals surface area (Å²) in [5, 5.41) is 9.37. The van der Waals surface area contributed by atoms with Crippen LogP contribution in [0.15, 0.2) is 18.2 Å². The summed E-state index contributed by atoms with van der Waals surface area (Å²) in [6, 6.07) is 5.01. The number of aromatic nitrogens is 2. The predicted molar refractivity (Wildman–Crippen MR) is 57.4 cm³/mol. The van der Waals surface area contributed by atoms with E-state index in [0.29, 0.717) is 16.1 Å². The first-order valence-corrected chi connectivity index (χ1v) is 4.86. The van der Waals surface area contributed by atoms with Gasteiger partial charge in [-0.05, 0) is 29.8 Å². The fraction of sp³-hybridized carbons (Fsp3) is 0.111. The monoisotopic (exact) mass is 244 g/mol. The van der Waals surface area contributed by atoms with Crippen molar-refractivity contribution >= 4 is 40.2 Å². The highest BCUT2D eigenvalue weighted by Gasteiger charge is 2.11. The van der Waals surface area contributed by atoms with Crippen molar-refractivity contribution in [2.24, 2.45) is 0 Å². The minimum Gasteiger partial charge on any atom is -0.480 e. The lowest BCUT2D eigenvalue weighted by molar-refractivity contribution is -0.137. The molecule has 1 heterocycles. The summed E-state index contributed by atoms with van der Waals surface area (Å²) in [6.07, 6.45) is 0. The molecule has 0 atom stereocenters. The molecular weight excluding hydrogens is 239 g/mol. The normalized spacial score (nSPS) is 10.8. The lowest BCUT2D eigenvalue weighted by atomic mass is 10.3. The molecule has 0 saturated carbocycles. The van der Waals surface area contributed by atoms with E-state index in [2.05, 4.69) is 4.98 Å². The Morgan fingerprint density at radius 1 is 1.47 bits per heavy atom. The maximum Gasteiger partial charge on any atom is 0.323 e. The minimum atomic E-state index is -0.976. The largest absolute Gasteiger partial charge is 0.480 e. The van der Waals surface area contributed by atoms with Crippen LogP contribution in [-0.4, -0.2) is 20.6 Å². The minimum absolute atomic E-state index is 0.148. The second-order valence-corrected chi connectivity index (χ2v) is 3.77. The molecule has 1 aromatic heterocycles. The van der Waals surface area contributed by atoms with Crippen molar-refractivity contribution in [2.45, 2.75) is 6.54 Å². The van der Waals surface area contributed by atoms with Crippen LogP contribution in [0.5, 0.6) is 0 Å². The second-order valence-electron chi connectivity index (χ2n) is 2.99. The molecule has 1 N–H and O–H groups in total. The maximum absolute atomic E-state index is 10.6. The Balaban J connectivity index is 2.65. The average Bonchev–Trinajstić information content (AvgIpc) is 2.43. The molecule has 0 fully saturated rings. The van der Waals surface area contributed by atoms with Gasteiger partial charge in [-0.15, -0.1) is 0 Å². The zero-order valence-electron chi connectivity index (χ0n) is 7.44. The van der Waals surface area contributed by atoms with Gasteiger partial charge in [0.2, 0.25) is 5.28 Å². The third-order valence-corrected chi connectivity index (χ3v) is 2.48. The molecule has 6 heteroatoms. The van der Waals surface area contributed by atoms with Gasteiger partial charge in [0.05, 0.1) is 11.0 Å². The van der Waals surface area contributed by atoms with Crippen molar-refractivity contribution in [1.82, 2.24) is 9.55 Å². The van der Waals surface area contributed by atoms with Gasteiger partial charge in [-0.25, -0.2) is 4.98 Å². The Morgan fingerprint density at radius 2 is 2.20 bits per heavy atom. The van der Waals surface area contributed by atoms with E-state index in [0.717, 1.165) is 0 Å². The van der Waals surface area contributed by atoms with Crippen molar-refractivity contribution in [2.75, 3.05) is 0 Å². The van der Waals surface area contributed by atoms with Crippen molar-refractivity contribution in [3.63, 3.8) is 0 Å². The molecule has 1 aromatic carbocycles. The fourth-order valence-corrected chi connectivity index (χ4v) is 1.76. The summed E-state index contributed by atoms with van der Waals surface area (Å²) in [4.78, 5) is 14.6. The number of carboxylic acid groups (broad SMARTS) is 1. The fourth-order valence-electron chi connectivity index (χ4n) is 1.35. The molecule has 0 bridgehead atoms. The first-order valence-electron chi connectivity index (χ1n) is 4.11. The SMILES string of the molecule is O=C(O)Cn1c(Cl)nc2ccc(Cl)cc21. The number of carbonyl (C=O) groups is 1. The van der Waals surface area contributed by atoms with E-state index >= 15 is 0 Å². The molecule has 0 unspecified atom stereocenters. The van der Waals surface area contributed by atoms with Crippen LogP contribution in [0.1, 0.15) is 0 Å². The Morgan fingerprint density at radius 3 is 2.87 bits per heavy atom. The first-order chi connectivity index (χ1) is 7.08. The quantitative estimate of drug-likeness (QED) is 0.883. The number of benzene rings is 1. The Kier molecular flexibility index (Phi) is 2.54. The lowest BCUT2D eigenvalue weighted by Crippen LogP contribution is -2.08. The molecule has 0 aliphatic carbocycles. The van der Waals surface area contributed by atoms with Crippen molar-refractivity contribution < 1.29 is 9.90 Å². The number of nitrogens with zero attached hydrogens (tertiary/aromatic N) is 2. The lowest BCUT2D eigenvalue weighted by Gasteiger charge is -2.00. The molecule has 4 nitrogen and oxygen atoms in total. The maximum atomic E-state index is 10.6. The van der Waals surface area contributed by atoms with E-state index in [1.165, 1.54) is 4.57 Å². The molecule has 0 aliphatic rings. The van der Waals surface area contributed by atoms with Gasteiger partial charge in [0, 0.05) is 5.02 Å². The van der Waals surface area contributed by atoms with Crippen molar-refractivity contribution in [3.8, 4) is 0 Å². The van der Waals surface area contributed by atoms with Gasteiger partial charge < -0.3 is 9.67 Å². The zero-order valence-corrected chi connectivity index (χ0v) is 8.96. The smallest absolute Gasteiger partial charge is 0.323 e. The Labute approximate surface area is 95.0 Å². The van der Waals surface area contributed by atoms with E-state index in [1.54, 1.807) is 18.2 Å². The van der Waals surface area contributed by atoms with Crippen LogP contribution in [0.25, 0.3) is 11.0 Å². The van der Waals surface area contributed by atoms with Gasteiger partial charge in [-0.3, -0.25) is 4.79 Å². The first kappa shape index (κ1) is 10.3. The Bertz CT molecular complexity index is 536. The van der Waals surface area contributed by atoms with Crippen LogP contribution < -0.4 is 0 Å². The number of imidazole rings is 1. The van der Waals surface area contributed by atoms with Gasteiger partial charge in [-0.2, -0.15) is 0 Å². The van der Waals surface area contributed by atoms with Crippen LogP contribution in [0.3, 0.4) is 0 Å². The summed E-state index contributed by atoms with van der Waals surface area (Å²) < 4.78 is 1.39. The van der Waals surface area contributed by atoms with E-state index in [-0.39, 0.29) is 11.8 Å². The van der Waals surface area contributed by atoms with Gasteiger partial charge >= 0.3 is 5.97 Å². The van der Waals surface area contributed by atoms with Gasteiger partial charge in [0.1, 0.15) is 6.54 Å². The molecule has 0 radical (unpaired) electrons. The van der Waals surface area contributed by atoms with E-state index in [9.17, 15) is 4.79 Å². The van der Waals surface area contributed by atoms with E-state index in [4.69, 9.17) is 28.3 Å². The van der Waals surface area contributed by atoms with Gasteiger partial charge in [0.15, 0.2) is 0 Å². The van der Waals surface area contributed by atoms with E-state index < -0.39 is 5.97 Å². The molecule has 0 saturated heterocycles. The number of rotatable bonds is 2. The molecule has 2 rings (SSSR count). The van der Waals surface area contributed by atoms with Gasteiger partial charge in [-0.1, -0.05) is 11.6 Å². The third-order valence-electron chi connectivity index (χ3n) is 1.96. The van der Waals surface area contributed by atoms with Crippen LogP contribution in [0.4, 0.5) is 0 Å². The molecule has 0 amide bonds. The number of fused-ring (bicyclic) bond motifs is 1. The summed E-state index contributed by atoms with van der Waals surface area (Å²) in [5.74, 6) is -0.976. The summed E-state index contributed by atoms with van der Waals surface area (Å²) in [5.41, 5.74) is 1.25. The number of halogens is 2. The predicted octanol–water partition coefficient (Wildman–Crippen LogP) is 2.43. The molecule has 15 heavy (non-hydrogen) atoms. The van der Waals surface area contributed by atoms with E-state index in [1.807, 2.05) is 0 Å². The number of hydrogen-bond acceptors (Lipinski definition) is 2. The van der Waals surface area contributed by atoms with Crippen LogP contribution in [0, 0.1) is 0 Å². The highest BCUT2D eigenvalue weighted by molar-refractivity contribution is 6.31. The molecule has 0 aliphatic heterocycles. The summed E-state index contributed by atoms with van der Waals surface area (Å²) in [6.45, 7) is -0.227. The summed E-state index contributed by atoms with van der Waals surface area (Å²) >= 11 is 11.6. The molecule has 78 valence electrons. The zero-order chi connectivity index (χ0) is 11.0. The van der Waals surface area contributed by atoms with Gasteiger partial charge in [0.25, 0.3) is 0 Å². The highest BCUT2D eigenvalue weighted by Crippen LogP contribution is 2.22. The molecule has 0 spiro atoms. The molecular formula is C9H6Cl2N2O2.